The highest BCUT2D eigenvalue weighted by Crippen LogP contribution is 2.69. The first kappa shape index (κ1) is 16.8. The Morgan fingerprint density at radius 1 is 0.708 bits per heavy atom. The normalized spacial score (nSPS) is 50.9. The molecule has 4 rings (SSSR count). The van der Waals surface area contributed by atoms with Crippen molar-refractivity contribution in [2.24, 2.45) is 45.3 Å². The fourth-order valence-electron chi connectivity index (χ4n) is 7.57. The van der Waals surface area contributed by atoms with Gasteiger partial charge in [-0.05, 0) is 61.2 Å². The number of Topliss-reactive ketones (excluding diaryl/α,β-unsaturated/α-hetero) is 2. The summed E-state index contributed by atoms with van der Waals surface area (Å²) in [5.74, 6) is 2.50. The molecule has 4 saturated carbocycles. The van der Waals surface area contributed by atoms with E-state index in [4.69, 9.17) is 0 Å². The zero-order valence-electron chi connectivity index (χ0n) is 16.4. The van der Waals surface area contributed by atoms with E-state index in [1.54, 1.807) is 0 Å². The van der Waals surface area contributed by atoms with Gasteiger partial charge in [0.1, 0.15) is 11.6 Å². The highest BCUT2D eigenvalue weighted by Gasteiger charge is 2.68. The second-order valence-corrected chi connectivity index (χ2v) is 10.9. The van der Waals surface area contributed by atoms with Gasteiger partial charge in [-0.1, -0.05) is 41.5 Å². The Hall–Kier alpha value is -0.660. The minimum Gasteiger partial charge on any atom is -0.299 e. The predicted octanol–water partition coefficient (Wildman–Crippen LogP) is 5.05. The second kappa shape index (κ2) is 4.54. The molecular formula is C22H34O2. The number of rotatable bonds is 3. The number of carbonyl (C=O) groups is 2. The van der Waals surface area contributed by atoms with Gasteiger partial charge in [-0.2, -0.15) is 0 Å². The van der Waals surface area contributed by atoms with Gasteiger partial charge in [0.2, 0.25) is 0 Å². The largest absolute Gasteiger partial charge is 0.299 e. The van der Waals surface area contributed by atoms with Crippen LogP contribution in [0.25, 0.3) is 0 Å². The molecule has 24 heavy (non-hydrogen) atoms. The molecule has 2 heteroatoms. The van der Waals surface area contributed by atoms with E-state index in [-0.39, 0.29) is 33.5 Å². The van der Waals surface area contributed by atoms with Crippen LogP contribution in [-0.4, -0.2) is 11.6 Å². The third kappa shape index (κ3) is 1.60. The molecule has 134 valence electrons. The van der Waals surface area contributed by atoms with Crippen LogP contribution in [0.15, 0.2) is 0 Å². The molecule has 0 unspecified atom stereocenters. The van der Waals surface area contributed by atoms with E-state index in [1.807, 2.05) is 0 Å². The Bertz CT molecular complexity index is 561. The van der Waals surface area contributed by atoms with Crippen LogP contribution in [0.2, 0.25) is 0 Å². The lowest BCUT2D eigenvalue weighted by Gasteiger charge is -2.32. The highest BCUT2D eigenvalue weighted by atomic mass is 16.1. The van der Waals surface area contributed by atoms with Crippen LogP contribution in [0, 0.1) is 45.3 Å². The summed E-state index contributed by atoms with van der Waals surface area (Å²) in [6.07, 6.45) is 6.42. The summed E-state index contributed by atoms with van der Waals surface area (Å²) in [6.45, 7) is 13.6. The van der Waals surface area contributed by atoms with Gasteiger partial charge in [0.05, 0.1) is 0 Å². The van der Waals surface area contributed by atoms with Crippen LogP contribution in [0.3, 0.4) is 0 Å². The fraction of sp³-hybridized carbons (Fsp3) is 0.909. The van der Waals surface area contributed by atoms with Crippen LogP contribution in [0.5, 0.6) is 0 Å². The zero-order valence-corrected chi connectivity index (χ0v) is 16.4. The van der Waals surface area contributed by atoms with Crippen molar-refractivity contribution in [3.8, 4) is 0 Å². The van der Waals surface area contributed by atoms with Crippen molar-refractivity contribution in [3.05, 3.63) is 0 Å². The maximum Gasteiger partial charge on any atom is 0.142 e. The van der Waals surface area contributed by atoms with Crippen LogP contribution in [-0.2, 0) is 9.59 Å². The van der Waals surface area contributed by atoms with Crippen LogP contribution < -0.4 is 0 Å². The molecular weight excluding hydrogens is 296 g/mol. The van der Waals surface area contributed by atoms with E-state index in [0.29, 0.717) is 23.4 Å². The standard InChI is InChI=1S/C22H34O2/c1-19(2)15-9-11-21(19,5)17(23)13(15)7-8-14-16-10-12-22(6,18(14)24)20(16,3)4/h13-16H,7-12H2,1-6H3/t13-,14-,15-,16+,21-,22-/m1/s1. The van der Waals surface area contributed by atoms with Crippen LogP contribution in [0.1, 0.15) is 80.1 Å². The summed E-state index contributed by atoms with van der Waals surface area (Å²) in [5.41, 5.74) is 0.0376. The maximum absolute atomic E-state index is 13.1. The molecule has 4 aliphatic carbocycles. The maximum atomic E-state index is 13.1. The molecule has 0 aromatic rings. The minimum atomic E-state index is -0.119. The van der Waals surface area contributed by atoms with E-state index in [1.165, 1.54) is 12.8 Å². The molecule has 0 radical (unpaired) electrons. The monoisotopic (exact) mass is 330 g/mol. The van der Waals surface area contributed by atoms with E-state index in [9.17, 15) is 9.59 Å². The van der Waals surface area contributed by atoms with E-state index < -0.39 is 0 Å². The first-order valence-corrected chi connectivity index (χ1v) is 10.1. The Kier molecular flexibility index (Phi) is 3.18. The first-order valence-electron chi connectivity index (χ1n) is 10.1. The predicted molar refractivity (Wildman–Crippen MR) is 95.5 cm³/mol. The summed E-state index contributed by atoms with van der Waals surface area (Å²) in [4.78, 5) is 26.1. The number of carbonyl (C=O) groups excluding carboxylic acids is 2. The molecule has 4 aliphatic rings. The summed E-state index contributed by atoms with van der Waals surface area (Å²) < 4.78 is 0. The molecule has 0 heterocycles. The fourth-order valence-corrected chi connectivity index (χ4v) is 7.57. The highest BCUT2D eigenvalue weighted by molar-refractivity contribution is 5.93. The lowest BCUT2D eigenvalue weighted by Crippen LogP contribution is -2.34. The SMILES string of the molecule is CC1(C)[C@@H]2CC[C@]1(C)C(=O)[C@@H]2CC[C@H]1C(=O)[C@@]2(C)CC[C@@H]1C2(C)C. The van der Waals surface area contributed by atoms with Crippen molar-refractivity contribution < 1.29 is 9.59 Å². The Morgan fingerprint density at radius 3 is 1.29 bits per heavy atom. The molecule has 0 aromatic heterocycles. The smallest absolute Gasteiger partial charge is 0.142 e. The van der Waals surface area contributed by atoms with Crippen molar-refractivity contribution in [1.29, 1.82) is 0 Å². The Labute approximate surface area is 147 Å². The van der Waals surface area contributed by atoms with Gasteiger partial charge in [0, 0.05) is 22.7 Å². The third-order valence-electron chi connectivity index (χ3n) is 10.1. The lowest BCUT2D eigenvalue weighted by atomic mass is 9.70. The molecule has 0 saturated heterocycles. The van der Waals surface area contributed by atoms with Gasteiger partial charge in [-0.25, -0.2) is 0 Å². The lowest BCUT2D eigenvalue weighted by molar-refractivity contribution is -0.134. The molecule has 0 spiro atoms. The Balaban J connectivity index is 1.52. The topological polar surface area (TPSA) is 34.1 Å². The number of hydrogen-bond acceptors (Lipinski definition) is 2. The average molecular weight is 331 g/mol. The van der Waals surface area contributed by atoms with E-state index in [2.05, 4.69) is 41.5 Å². The van der Waals surface area contributed by atoms with Crippen LogP contribution >= 0.6 is 0 Å². The quantitative estimate of drug-likeness (QED) is 0.725. The number of ketones is 2. The molecule has 0 N–H and O–H groups in total. The van der Waals surface area contributed by atoms with Crippen molar-refractivity contribution >= 4 is 11.6 Å². The molecule has 0 amide bonds. The van der Waals surface area contributed by atoms with E-state index in [0.717, 1.165) is 25.7 Å². The van der Waals surface area contributed by atoms with E-state index >= 15 is 0 Å². The van der Waals surface area contributed by atoms with Gasteiger partial charge in [-0.15, -0.1) is 0 Å². The number of fused-ring (bicyclic) bond motifs is 4. The van der Waals surface area contributed by atoms with Crippen molar-refractivity contribution in [2.75, 3.05) is 0 Å². The summed E-state index contributed by atoms with van der Waals surface area (Å²) >= 11 is 0. The summed E-state index contributed by atoms with van der Waals surface area (Å²) in [7, 11) is 0. The molecule has 0 aromatic carbocycles. The van der Waals surface area contributed by atoms with Crippen molar-refractivity contribution in [1.82, 2.24) is 0 Å². The summed E-state index contributed by atoms with van der Waals surface area (Å²) in [6, 6.07) is 0. The first-order chi connectivity index (χ1) is 11.0. The Morgan fingerprint density at radius 2 is 1.04 bits per heavy atom. The van der Waals surface area contributed by atoms with Gasteiger partial charge in [0.15, 0.2) is 0 Å². The minimum absolute atomic E-state index is 0.119. The molecule has 0 aliphatic heterocycles. The average Bonchev–Trinajstić information content (AvgIpc) is 2.97. The molecule has 4 bridgehead atoms. The van der Waals surface area contributed by atoms with Crippen molar-refractivity contribution in [3.63, 3.8) is 0 Å². The third-order valence-corrected chi connectivity index (χ3v) is 10.1. The second-order valence-electron chi connectivity index (χ2n) is 10.9. The van der Waals surface area contributed by atoms with Crippen LogP contribution in [0.4, 0.5) is 0 Å². The zero-order chi connectivity index (χ0) is 17.7. The van der Waals surface area contributed by atoms with Gasteiger partial charge >= 0.3 is 0 Å². The van der Waals surface area contributed by atoms with Gasteiger partial charge in [-0.3, -0.25) is 9.59 Å². The summed E-state index contributed by atoms with van der Waals surface area (Å²) in [5, 5.41) is 0. The number of hydrogen-bond donors (Lipinski definition) is 0. The molecule has 2 nitrogen and oxygen atoms in total. The van der Waals surface area contributed by atoms with Gasteiger partial charge in [0.25, 0.3) is 0 Å². The molecule has 4 fully saturated rings. The molecule has 6 atom stereocenters. The van der Waals surface area contributed by atoms with Gasteiger partial charge < -0.3 is 0 Å². The van der Waals surface area contributed by atoms with Crippen molar-refractivity contribution in [2.45, 2.75) is 80.1 Å².